The number of azo groups is 1. The normalized spacial score (nSPS) is 11.5. The number of amides is 1. The molecule has 0 saturated heterocycles. The summed E-state index contributed by atoms with van der Waals surface area (Å²) in [6, 6.07) is 13.5. The Morgan fingerprint density at radius 2 is 2.00 bits per heavy atom. The standard InChI is InChI=1S/C20H15N3O5/c1-11-8-18(25)28-16-9-12(6-7-13(11)16)27-10-17(24)22-23-19-14-4-2-3-5-15(14)21-20(19)26/h2-9,21,26H,10H2,1H3. The fourth-order valence-corrected chi connectivity index (χ4v) is 2.89. The SMILES string of the molecule is Cc1cc(=O)oc2cc(OCC(=O)N=Nc3c(O)[nH]c4ccccc34)ccc12. The molecule has 0 bridgehead atoms. The van der Waals surface area contributed by atoms with Crippen LogP contribution in [0.1, 0.15) is 5.56 Å². The van der Waals surface area contributed by atoms with Crippen LogP contribution < -0.4 is 10.4 Å². The van der Waals surface area contributed by atoms with Crippen molar-refractivity contribution in [3.63, 3.8) is 0 Å². The first kappa shape index (κ1) is 17.5. The zero-order chi connectivity index (χ0) is 19.7. The van der Waals surface area contributed by atoms with Crippen LogP contribution in [0.25, 0.3) is 21.9 Å². The molecule has 140 valence electrons. The van der Waals surface area contributed by atoms with Gasteiger partial charge in [0, 0.05) is 22.9 Å². The van der Waals surface area contributed by atoms with Crippen LogP contribution in [0.15, 0.2) is 68.0 Å². The fourth-order valence-electron chi connectivity index (χ4n) is 2.89. The molecule has 0 aliphatic rings. The molecular formula is C20H15N3O5. The van der Waals surface area contributed by atoms with Gasteiger partial charge < -0.3 is 19.2 Å². The first-order chi connectivity index (χ1) is 13.5. The Hall–Kier alpha value is -3.94. The van der Waals surface area contributed by atoms with E-state index in [4.69, 9.17) is 9.15 Å². The van der Waals surface area contributed by atoms with Crippen LogP contribution in [0.3, 0.4) is 0 Å². The molecule has 0 fully saturated rings. The number of rotatable bonds is 4. The average molecular weight is 377 g/mol. The van der Waals surface area contributed by atoms with Crippen LogP contribution in [-0.4, -0.2) is 22.6 Å². The van der Waals surface area contributed by atoms with Gasteiger partial charge in [0.25, 0.3) is 0 Å². The molecule has 0 aliphatic carbocycles. The number of carbonyl (C=O) groups is 1. The Morgan fingerprint density at radius 3 is 2.86 bits per heavy atom. The summed E-state index contributed by atoms with van der Waals surface area (Å²) in [6.45, 7) is 1.46. The number of nitrogens with one attached hydrogen (secondary N) is 1. The Kier molecular flexibility index (Phi) is 4.36. The third kappa shape index (κ3) is 3.35. The zero-order valence-electron chi connectivity index (χ0n) is 14.8. The average Bonchev–Trinajstić information content (AvgIpc) is 2.99. The van der Waals surface area contributed by atoms with Crippen molar-refractivity contribution in [3.8, 4) is 11.6 Å². The van der Waals surface area contributed by atoms with Gasteiger partial charge >= 0.3 is 11.5 Å². The molecule has 0 aliphatic heterocycles. The van der Waals surface area contributed by atoms with Crippen LogP contribution >= 0.6 is 0 Å². The third-order valence-electron chi connectivity index (χ3n) is 4.21. The lowest BCUT2D eigenvalue weighted by atomic mass is 10.1. The number of hydrogen-bond acceptors (Lipinski definition) is 6. The van der Waals surface area contributed by atoms with Crippen molar-refractivity contribution in [3.05, 3.63) is 64.5 Å². The van der Waals surface area contributed by atoms with E-state index in [0.717, 1.165) is 10.9 Å². The fraction of sp³-hybridized carbons (Fsp3) is 0.100. The maximum Gasteiger partial charge on any atom is 0.336 e. The summed E-state index contributed by atoms with van der Waals surface area (Å²) in [5, 5.41) is 18.8. The summed E-state index contributed by atoms with van der Waals surface area (Å²) in [7, 11) is 0. The number of fused-ring (bicyclic) bond motifs is 2. The van der Waals surface area contributed by atoms with E-state index in [1.54, 1.807) is 36.4 Å². The van der Waals surface area contributed by atoms with Crippen LogP contribution in [0, 0.1) is 6.92 Å². The molecule has 0 unspecified atom stereocenters. The van der Waals surface area contributed by atoms with E-state index in [9.17, 15) is 14.7 Å². The molecule has 8 nitrogen and oxygen atoms in total. The monoisotopic (exact) mass is 377 g/mol. The lowest BCUT2D eigenvalue weighted by Gasteiger charge is -2.05. The quantitative estimate of drug-likeness (QED) is 0.412. The van der Waals surface area contributed by atoms with E-state index in [2.05, 4.69) is 15.2 Å². The summed E-state index contributed by atoms with van der Waals surface area (Å²) >= 11 is 0. The van der Waals surface area contributed by atoms with E-state index in [0.29, 0.717) is 22.2 Å². The molecule has 2 aromatic heterocycles. The van der Waals surface area contributed by atoms with Gasteiger partial charge in [0.2, 0.25) is 5.88 Å². The lowest BCUT2D eigenvalue weighted by Crippen LogP contribution is -2.08. The summed E-state index contributed by atoms with van der Waals surface area (Å²) in [5.74, 6) is -0.436. The van der Waals surface area contributed by atoms with Crippen molar-refractivity contribution in [1.29, 1.82) is 0 Å². The van der Waals surface area contributed by atoms with Gasteiger partial charge in [0.1, 0.15) is 11.3 Å². The minimum atomic E-state index is -0.629. The maximum atomic E-state index is 12.0. The van der Waals surface area contributed by atoms with E-state index >= 15 is 0 Å². The topological polar surface area (TPSA) is 117 Å². The van der Waals surface area contributed by atoms with Gasteiger partial charge in [-0.1, -0.05) is 18.2 Å². The number of ether oxygens (including phenoxy) is 1. The molecular weight excluding hydrogens is 362 g/mol. The van der Waals surface area contributed by atoms with E-state index < -0.39 is 11.5 Å². The molecule has 0 atom stereocenters. The van der Waals surface area contributed by atoms with Gasteiger partial charge in [-0.05, 0) is 30.7 Å². The summed E-state index contributed by atoms with van der Waals surface area (Å²) in [4.78, 5) is 26.2. The molecule has 2 aromatic carbocycles. The first-order valence-corrected chi connectivity index (χ1v) is 8.43. The van der Waals surface area contributed by atoms with Gasteiger partial charge in [-0.15, -0.1) is 10.2 Å². The molecule has 8 heteroatoms. The minimum Gasteiger partial charge on any atom is -0.493 e. The van der Waals surface area contributed by atoms with E-state index in [1.165, 1.54) is 6.07 Å². The zero-order valence-corrected chi connectivity index (χ0v) is 14.8. The Bertz CT molecular complexity index is 1290. The number of aromatic amines is 1. The number of nitrogens with zero attached hydrogens (tertiary/aromatic N) is 2. The molecule has 0 radical (unpaired) electrons. The number of H-pyrrole nitrogens is 1. The molecule has 0 spiro atoms. The number of para-hydroxylation sites is 1. The minimum absolute atomic E-state index is 0.168. The van der Waals surface area contributed by atoms with Crippen LogP contribution in [0.2, 0.25) is 0 Å². The predicted molar refractivity (Wildman–Crippen MR) is 102 cm³/mol. The second-order valence-corrected chi connectivity index (χ2v) is 6.16. The molecule has 2 N–H and O–H groups in total. The van der Waals surface area contributed by atoms with Crippen molar-refractivity contribution in [2.45, 2.75) is 6.92 Å². The number of carbonyl (C=O) groups excluding carboxylic acids is 1. The highest BCUT2D eigenvalue weighted by Crippen LogP contribution is 2.35. The Balaban J connectivity index is 1.48. The lowest BCUT2D eigenvalue weighted by molar-refractivity contribution is -0.120. The molecule has 2 heterocycles. The van der Waals surface area contributed by atoms with Crippen molar-refractivity contribution < 1.29 is 19.1 Å². The van der Waals surface area contributed by atoms with Gasteiger partial charge in [-0.2, -0.15) is 0 Å². The maximum absolute atomic E-state index is 12.0. The van der Waals surface area contributed by atoms with Gasteiger partial charge in [0.15, 0.2) is 12.3 Å². The van der Waals surface area contributed by atoms with Gasteiger partial charge in [-0.3, -0.25) is 4.79 Å². The second kappa shape index (κ2) is 6.99. The number of aromatic nitrogens is 1. The number of hydrogen-bond donors (Lipinski definition) is 2. The van der Waals surface area contributed by atoms with E-state index in [1.807, 2.05) is 13.0 Å². The predicted octanol–water partition coefficient (Wildman–Crippen LogP) is 3.98. The molecule has 0 saturated carbocycles. The van der Waals surface area contributed by atoms with Gasteiger partial charge in [-0.25, -0.2) is 4.79 Å². The smallest absolute Gasteiger partial charge is 0.336 e. The van der Waals surface area contributed by atoms with Crippen LogP contribution in [0.5, 0.6) is 11.6 Å². The second-order valence-electron chi connectivity index (χ2n) is 6.16. The van der Waals surface area contributed by atoms with Crippen molar-refractivity contribution >= 4 is 33.5 Å². The van der Waals surface area contributed by atoms with Crippen LogP contribution in [0.4, 0.5) is 5.69 Å². The summed E-state index contributed by atoms with van der Waals surface area (Å²) < 4.78 is 10.6. The summed E-state index contributed by atoms with van der Waals surface area (Å²) in [6.07, 6.45) is 0. The van der Waals surface area contributed by atoms with Crippen LogP contribution in [-0.2, 0) is 4.79 Å². The highest BCUT2D eigenvalue weighted by atomic mass is 16.5. The highest BCUT2D eigenvalue weighted by molar-refractivity contribution is 5.94. The number of benzene rings is 2. The van der Waals surface area contributed by atoms with E-state index in [-0.39, 0.29) is 18.2 Å². The highest BCUT2D eigenvalue weighted by Gasteiger charge is 2.11. The van der Waals surface area contributed by atoms with Crippen molar-refractivity contribution in [2.75, 3.05) is 6.61 Å². The molecule has 28 heavy (non-hydrogen) atoms. The largest absolute Gasteiger partial charge is 0.493 e. The van der Waals surface area contributed by atoms with Gasteiger partial charge in [0.05, 0.1) is 5.52 Å². The van der Waals surface area contributed by atoms with Crippen molar-refractivity contribution in [1.82, 2.24) is 4.98 Å². The number of aromatic hydroxyl groups is 1. The summed E-state index contributed by atoms with van der Waals surface area (Å²) in [5.41, 5.74) is 1.59. The molecule has 1 amide bonds. The first-order valence-electron chi connectivity index (χ1n) is 8.43. The Morgan fingerprint density at radius 1 is 1.18 bits per heavy atom. The Labute approximate surface area is 158 Å². The number of aryl methyl sites for hydroxylation is 1. The third-order valence-corrected chi connectivity index (χ3v) is 4.21. The molecule has 4 aromatic rings. The molecule has 4 rings (SSSR count). The van der Waals surface area contributed by atoms with Crippen molar-refractivity contribution in [2.24, 2.45) is 10.2 Å².